The van der Waals surface area contributed by atoms with Gasteiger partial charge in [0.2, 0.25) is 0 Å². The normalized spacial score (nSPS) is 10.1. The van der Waals surface area contributed by atoms with Gasteiger partial charge < -0.3 is 0 Å². The van der Waals surface area contributed by atoms with Crippen molar-refractivity contribution in [3.8, 4) is 11.1 Å². The first-order chi connectivity index (χ1) is 6.77. The molecule has 0 aliphatic carbocycles. The zero-order chi connectivity index (χ0) is 9.97. The molecular formula is C10H9N3O. The summed E-state index contributed by atoms with van der Waals surface area (Å²) in [5.74, 6) is 0. The van der Waals surface area contributed by atoms with Gasteiger partial charge in [-0.1, -0.05) is 0 Å². The number of H-pyrrole nitrogens is 1. The lowest BCUT2D eigenvalue weighted by molar-refractivity contribution is 0.990. The minimum absolute atomic E-state index is 0.203. The molecule has 4 heteroatoms. The predicted molar refractivity (Wildman–Crippen MR) is 52.8 cm³/mol. The first-order valence-corrected chi connectivity index (χ1v) is 4.23. The second-order valence-corrected chi connectivity index (χ2v) is 3.02. The number of hydrogen-bond acceptors (Lipinski definition) is 3. The van der Waals surface area contributed by atoms with Crippen molar-refractivity contribution in [3.05, 3.63) is 46.6 Å². The van der Waals surface area contributed by atoms with E-state index in [2.05, 4.69) is 15.2 Å². The van der Waals surface area contributed by atoms with E-state index in [-0.39, 0.29) is 5.56 Å². The van der Waals surface area contributed by atoms with Crippen LogP contribution in [0.5, 0.6) is 0 Å². The number of pyridine rings is 1. The lowest BCUT2D eigenvalue weighted by atomic mass is 10.1. The van der Waals surface area contributed by atoms with Crippen LogP contribution in [0.4, 0.5) is 0 Å². The Kier molecular flexibility index (Phi) is 2.10. The van der Waals surface area contributed by atoms with Gasteiger partial charge in [0.1, 0.15) is 0 Å². The summed E-state index contributed by atoms with van der Waals surface area (Å²) in [6, 6.07) is 3.41. The Morgan fingerprint density at radius 3 is 2.93 bits per heavy atom. The van der Waals surface area contributed by atoms with E-state index in [4.69, 9.17) is 0 Å². The molecule has 0 bridgehead atoms. The van der Waals surface area contributed by atoms with E-state index in [0.717, 1.165) is 16.7 Å². The molecule has 0 radical (unpaired) electrons. The molecule has 1 N–H and O–H groups in total. The van der Waals surface area contributed by atoms with Gasteiger partial charge in [0, 0.05) is 29.6 Å². The highest BCUT2D eigenvalue weighted by Gasteiger charge is 2.01. The third kappa shape index (κ3) is 1.54. The fourth-order valence-electron chi connectivity index (χ4n) is 1.29. The topological polar surface area (TPSA) is 58.6 Å². The molecule has 2 heterocycles. The summed E-state index contributed by atoms with van der Waals surface area (Å²) in [4.78, 5) is 15.0. The molecule has 70 valence electrons. The molecule has 0 aliphatic rings. The van der Waals surface area contributed by atoms with Crippen LogP contribution >= 0.6 is 0 Å². The van der Waals surface area contributed by atoms with Gasteiger partial charge in [-0.2, -0.15) is 5.10 Å². The first kappa shape index (κ1) is 8.62. The molecule has 0 atom stereocenters. The molecule has 2 rings (SSSR count). The molecule has 0 unspecified atom stereocenters. The minimum Gasteiger partial charge on any atom is -0.268 e. The van der Waals surface area contributed by atoms with Gasteiger partial charge in [0.25, 0.3) is 5.56 Å². The van der Waals surface area contributed by atoms with Crippen molar-refractivity contribution in [3.63, 3.8) is 0 Å². The summed E-state index contributed by atoms with van der Waals surface area (Å²) >= 11 is 0. The van der Waals surface area contributed by atoms with Crippen LogP contribution in [0.3, 0.4) is 0 Å². The van der Waals surface area contributed by atoms with Crippen molar-refractivity contribution in [1.29, 1.82) is 0 Å². The maximum absolute atomic E-state index is 11.0. The molecule has 14 heavy (non-hydrogen) atoms. The van der Waals surface area contributed by atoms with Crippen LogP contribution in [0.15, 0.2) is 35.5 Å². The average molecular weight is 187 g/mol. The predicted octanol–water partition coefficient (Wildman–Crippen LogP) is 1.14. The van der Waals surface area contributed by atoms with Gasteiger partial charge in [0.05, 0.1) is 6.20 Å². The van der Waals surface area contributed by atoms with E-state index < -0.39 is 0 Å². The van der Waals surface area contributed by atoms with Crippen LogP contribution in [0.25, 0.3) is 11.1 Å². The van der Waals surface area contributed by atoms with Crippen LogP contribution < -0.4 is 5.56 Å². The van der Waals surface area contributed by atoms with Crippen molar-refractivity contribution in [2.45, 2.75) is 6.92 Å². The van der Waals surface area contributed by atoms with Crippen LogP contribution in [-0.4, -0.2) is 15.2 Å². The Hall–Kier alpha value is -1.97. The lowest BCUT2D eigenvalue weighted by Gasteiger charge is -2.02. The largest absolute Gasteiger partial charge is 0.268 e. The van der Waals surface area contributed by atoms with Gasteiger partial charge in [-0.05, 0) is 18.6 Å². The molecular weight excluding hydrogens is 178 g/mol. The molecule has 0 spiro atoms. The summed E-state index contributed by atoms with van der Waals surface area (Å²) in [7, 11) is 0. The lowest BCUT2D eigenvalue weighted by Crippen LogP contribution is -2.05. The number of nitrogens with one attached hydrogen (secondary N) is 1. The van der Waals surface area contributed by atoms with Crippen molar-refractivity contribution in [2.75, 3.05) is 0 Å². The molecule has 0 aromatic carbocycles. The summed E-state index contributed by atoms with van der Waals surface area (Å²) in [5.41, 5.74) is 2.60. The third-order valence-corrected chi connectivity index (χ3v) is 2.02. The molecule has 0 fully saturated rings. The summed E-state index contributed by atoms with van der Waals surface area (Å²) in [6.45, 7) is 1.97. The molecule has 0 aliphatic heterocycles. The van der Waals surface area contributed by atoms with Crippen LogP contribution in [0.1, 0.15) is 5.56 Å². The molecule has 2 aromatic heterocycles. The average Bonchev–Trinajstić information content (AvgIpc) is 2.18. The Balaban J connectivity index is 2.61. The van der Waals surface area contributed by atoms with Crippen LogP contribution in [-0.2, 0) is 0 Å². The Bertz CT molecular complexity index is 504. The maximum atomic E-state index is 11.0. The Labute approximate surface area is 80.6 Å². The molecule has 2 aromatic rings. The number of rotatable bonds is 1. The Morgan fingerprint density at radius 2 is 2.21 bits per heavy atom. The second-order valence-electron chi connectivity index (χ2n) is 3.02. The first-order valence-electron chi connectivity index (χ1n) is 4.23. The quantitative estimate of drug-likeness (QED) is 0.728. The van der Waals surface area contributed by atoms with Crippen molar-refractivity contribution in [1.82, 2.24) is 15.2 Å². The molecule has 0 saturated carbocycles. The van der Waals surface area contributed by atoms with Crippen LogP contribution in [0, 0.1) is 6.92 Å². The van der Waals surface area contributed by atoms with E-state index in [1.54, 1.807) is 18.6 Å². The summed E-state index contributed by atoms with van der Waals surface area (Å²) < 4.78 is 0. The smallest absolute Gasteiger partial charge is 0.264 e. The summed E-state index contributed by atoms with van der Waals surface area (Å²) in [6.07, 6.45) is 5.07. The highest BCUT2D eigenvalue weighted by atomic mass is 16.1. The van der Waals surface area contributed by atoms with Crippen molar-refractivity contribution < 1.29 is 0 Å². The fraction of sp³-hybridized carbons (Fsp3) is 0.100. The standard InChI is InChI=1S/C10H9N3O/c1-7-2-3-11-6-9(7)8-4-10(14)13-12-5-8/h2-6H,1H3,(H,13,14). The van der Waals surface area contributed by atoms with Gasteiger partial charge in [-0.25, -0.2) is 5.10 Å². The van der Waals surface area contributed by atoms with Gasteiger partial charge in [-0.3, -0.25) is 9.78 Å². The van der Waals surface area contributed by atoms with E-state index in [1.165, 1.54) is 6.07 Å². The molecule has 0 saturated heterocycles. The maximum Gasteiger partial charge on any atom is 0.264 e. The number of aryl methyl sites for hydroxylation is 1. The second kappa shape index (κ2) is 3.41. The number of aromatic nitrogens is 3. The fourth-order valence-corrected chi connectivity index (χ4v) is 1.29. The SMILES string of the molecule is Cc1ccncc1-c1cn[nH]c(=O)c1. The van der Waals surface area contributed by atoms with E-state index in [0.29, 0.717) is 0 Å². The zero-order valence-corrected chi connectivity index (χ0v) is 7.69. The van der Waals surface area contributed by atoms with E-state index >= 15 is 0 Å². The molecule has 4 nitrogen and oxygen atoms in total. The monoisotopic (exact) mass is 187 g/mol. The summed E-state index contributed by atoms with van der Waals surface area (Å²) in [5, 5.41) is 6.07. The minimum atomic E-state index is -0.203. The third-order valence-electron chi connectivity index (χ3n) is 2.02. The van der Waals surface area contributed by atoms with Gasteiger partial charge in [-0.15, -0.1) is 0 Å². The zero-order valence-electron chi connectivity index (χ0n) is 7.69. The van der Waals surface area contributed by atoms with Gasteiger partial charge in [0.15, 0.2) is 0 Å². The van der Waals surface area contributed by atoms with E-state index in [1.807, 2.05) is 13.0 Å². The van der Waals surface area contributed by atoms with E-state index in [9.17, 15) is 4.79 Å². The number of hydrogen-bond donors (Lipinski definition) is 1. The highest BCUT2D eigenvalue weighted by molar-refractivity contribution is 5.64. The van der Waals surface area contributed by atoms with Crippen molar-refractivity contribution >= 4 is 0 Å². The number of nitrogens with zero attached hydrogens (tertiary/aromatic N) is 2. The highest BCUT2D eigenvalue weighted by Crippen LogP contribution is 2.18. The van der Waals surface area contributed by atoms with Crippen molar-refractivity contribution in [2.24, 2.45) is 0 Å². The van der Waals surface area contributed by atoms with Crippen LogP contribution in [0.2, 0.25) is 0 Å². The Morgan fingerprint density at radius 1 is 1.36 bits per heavy atom. The van der Waals surface area contributed by atoms with Gasteiger partial charge >= 0.3 is 0 Å². The molecule has 0 amide bonds. The number of aromatic amines is 1.